The Hall–Kier alpha value is -1.98. The highest BCUT2D eigenvalue weighted by atomic mass is 19.4. The number of allylic oxidation sites excluding steroid dienone is 1. The molecule has 23 heavy (non-hydrogen) atoms. The fourth-order valence-electron chi connectivity index (χ4n) is 2.60. The van der Waals surface area contributed by atoms with E-state index in [1.54, 1.807) is 24.3 Å². The van der Waals surface area contributed by atoms with Crippen LogP contribution in [0.4, 0.5) is 13.2 Å². The summed E-state index contributed by atoms with van der Waals surface area (Å²) < 4.78 is 50.2. The van der Waals surface area contributed by atoms with Crippen LogP contribution < -0.4 is 4.74 Å². The smallest absolute Gasteiger partial charge is 0.396 e. The van der Waals surface area contributed by atoms with E-state index >= 15 is 0 Å². The molecule has 2 rings (SSSR count). The predicted molar refractivity (Wildman–Crippen MR) is 79.6 cm³/mol. The molecule has 1 aromatic rings. The van der Waals surface area contributed by atoms with Gasteiger partial charge in [0.05, 0.1) is 18.9 Å². The van der Waals surface area contributed by atoms with Crippen LogP contribution in [0, 0.1) is 11.8 Å². The lowest BCUT2D eigenvalue weighted by Crippen LogP contribution is -2.37. The van der Waals surface area contributed by atoms with Gasteiger partial charge in [0.25, 0.3) is 0 Å². The fraction of sp³-hybridized carbons (Fsp3) is 0.471. The first-order valence-corrected chi connectivity index (χ1v) is 7.51. The second-order valence-corrected chi connectivity index (χ2v) is 5.50. The summed E-state index contributed by atoms with van der Waals surface area (Å²) in [5.74, 6) is -3.27. The van der Waals surface area contributed by atoms with Crippen LogP contribution in [0.1, 0.15) is 31.7 Å². The van der Waals surface area contributed by atoms with Crippen molar-refractivity contribution in [1.82, 2.24) is 0 Å². The molecule has 0 saturated carbocycles. The van der Waals surface area contributed by atoms with Crippen LogP contribution in [-0.4, -0.2) is 19.3 Å². The number of hydrogen-bond donors (Lipinski definition) is 0. The molecule has 0 fully saturated rings. The molecule has 0 amide bonds. The zero-order valence-corrected chi connectivity index (χ0v) is 13.0. The minimum Gasteiger partial charge on any atom is -0.497 e. The molecule has 0 N–H and O–H groups in total. The van der Waals surface area contributed by atoms with Gasteiger partial charge in [0.1, 0.15) is 11.5 Å². The highest BCUT2D eigenvalue weighted by Crippen LogP contribution is 2.41. The summed E-state index contributed by atoms with van der Waals surface area (Å²) >= 11 is 0. The second kappa shape index (κ2) is 7.06. The topological polar surface area (TPSA) is 35.5 Å². The maximum absolute atomic E-state index is 13.3. The number of rotatable bonds is 5. The summed E-state index contributed by atoms with van der Waals surface area (Å²) in [5.41, 5.74) is 0.419. The SMILES string of the molecule is CCCC[C@@H]1C(=O)OC(c2ccc(OC)cc2)=C[C@@H]1C(F)(F)F. The first-order valence-electron chi connectivity index (χ1n) is 7.51. The molecular formula is C17H19F3O3. The van der Waals surface area contributed by atoms with Crippen LogP contribution in [0.5, 0.6) is 5.75 Å². The van der Waals surface area contributed by atoms with Crippen molar-refractivity contribution in [3.05, 3.63) is 35.9 Å². The minimum atomic E-state index is -4.48. The van der Waals surface area contributed by atoms with Crippen molar-refractivity contribution in [2.45, 2.75) is 32.4 Å². The first kappa shape index (κ1) is 17.4. The average Bonchev–Trinajstić information content (AvgIpc) is 2.52. The van der Waals surface area contributed by atoms with Crippen LogP contribution in [0.2, 0.25) is 0 Å². The van der Waals surface area contributed by atoms with E-state index in [9.17, 15) is 18.0 Å². The normalized spacial score (nSPS) is 21.6. The van der Waals surface area contributed by atoms with Crippen molar-refractivity contribution in [3.63, 3.8) is 0 Å². The van der Waals surface area contributed by atoms with Crippen LogP contribution in [0.25, 0.3) is 5.76 Å². The molecule has 0 aromatic heterocycles. The van der Waals surface area contributed by atoms with E-state index in [1.165, 1.54) is 7.11 Å². The van der Waals surface area contributed by atoms with E-state index in [2.05, 4.69) is 0 Å². The van der Waals surface area contributed by atoms with Gasteiger partial charge < -0.3 is 9.47 Å². The van der Waals surface area contributed by atoms with Gasteiger partial charge in [0.2, 0.25) is 0 Å². The molecule has 2 atom stereocenters. The maximum atomic E-state index is 13.3. The molecule has 0 aliphatic carbocycles. The lowest BCUT2D eigenvalue weighted by Gasteiger charge is -2.30. The second-order valence-electron chi connectivity index (χ2n) is 5.50. The monoisotopic (exact) mass is 328 g/mol. The fourth-order valence-corrected chi connectivity index (χ4v) is 2.60. The predicted octanol–water partition coefficient (Wildman–Crippen LogP) is 4.58. The summed E-state index contributed by atoms with van der Waals surface area (Å²) in [7, 11) is 1.49. The quantitative estimate of drug-likeness (QED) is 0.742. The molecule has 0 bridgehead atoms. The number of carbonyl (C=O) groups excluding carboxylic acids is 1. The number of hydrogen-bond acceptors (Lipinski definition) is 3. The van der Waals surface area contributed by atoms with Crippen molar-refractivity contribution in [2.75, 3.05) is 7.11 Å². The van der Waals surface area contributed by atoms with Crippen molar-refractivity contribution in [3.8, 4) is 5.75 Å². The lowest BCUT2D eigenvalue weighted by atomic mass is 9.84. The van der Waals surface area contributed by atoms with Crippen LogP contribution >= 0.6 is 0 Å². The number of unbranched alkanes of at least 4 members (excludes halogenated alkanes) is 1. The van der Waals surface area contributed by atoms with E-state index < -0.39 is 24.0 Å². The van der Waals surface area contributed by atoms with Crippen LogP contribution in [0.15, 0.2) is 30.3 Å². The summed E-state index contributed by atoms with van der Waals surface area (Å²) in [6.07, 6.45) is -2.01. The van der Waals surface area contributed by atoms with E-state index in [-0.39, 0.29) is 12.2 Å². The zero-order valence-electron chi connectivity index (χ0n) is 13.0. The Labute approximate surface area is 133 Å². The Bertz CT molecular complexity index is 576. The molecule has 0 unspecified atom stereocenters. The molecule has 3 nitrogen and oxygen atoms in total. The third kappa shape index (κ3) is 4.06. The minimum absolute atomic E-state index is 0.0484. The third-order valence-electron chi connectivity index (χ3n) is 3.90. The maximum Gasteiger partial charge on any atom is 0.396 e. The Morgan fingerprint density at radius 3 is 2.39 bits per heavy atom. The standard InChI is InChI=1S/C17H19F3O3/c1-3-4-5-13-14(17(18,19)20)10-15(23-16(13)21)11-6-8-12(22-2)9-7-11/h6-10,13-14H,3-5H2,1-2H3/t13-,14-/m0/s1. The number of benzene rings is 1. The first-order chi connectivity index (χ1) is 10.9. The molecular weight excluding hydrogens is 309 g/mol. The van der Waals surface area contributed by atoms with Gasteiger partial charge in [-0.05, 0) is 36.8 Å². The molecule has 126 valence electrons. The van der Waals surface area contributed by atoms with Gasteiger partial charge in [0.15, 0.2) is 0 Å². The number of cyclic esters (lactones) is 1. The molecule has 1 aromatic carbocycles. The molecule has 6 heteroatoms. The van der Waals surface area contributed by atoms with E-state index in [1.807, 2.05) is 6.92 Å². The highest BCUT2D eigenvalue weighted by Gasteiger charge is 2.49. The molecule has 1 heterocycles. The van der Waals surface area contributed by atoms with Gasteiger partial charge in [-0.15, -0.1) is 0 Å². The molecule has 0 saturated heterocycles. The van der Waals surface area contributed by atoms with Gasteiger partial charge >= 0.3 is 12.1 Å². The number of halogens is 3. The summed E-state index contributed by atoms with van der Waals surface area (Å²) in [6.45, 7) is 1.87. The lowest BCUT2D eigenvalue weighted by molar-refractivity contribution is -0.188. The molecule has 0 spiro atoms. The largest absolute Gasteiger partial charge is 0.497 e. The molecule has 1 aliphatic rings. The summed E-state index contributed by atoms with van der Waals surface area (Å²) in [5, 5.41) is 0. The number of alkyl halides is 3. The van der Waals surface area contributed by atoms with E-state index in [0.29, 0.717) is 17.7 Å². The number of esters is 1. The Balaban J connectivity index is 2.33. The van der Waals surface area contributed by atoms with Gasteiger partial charge in [-0.25, -0.2) is 0 Å². The van der Waals surface area contributed by atoms with Gasteiger partial charge in [-0.3, -0.25) is 4.79 Å². The average molecular weight is 328 g/mol. The third-order valence-corrected chi connectivity index (χ3v) is 3.90. The van der Waals surface area contributed by atoms with Gasteiger partial charge in [-0.2, -0.15) is 13.2 Å². The number of carbonyl (C=O) groups is 1. The van der Waals surface area contributed by atoms with Crippen molar-refractivity contribution >= 4 is 11.7 Å². The zero-order chi connectivity index (χ0) is 17.0. The van der Waals surface area contributed by atoms with Crippen LogP contribution in [-0.2, 0) is 9.53 Å². The summed E-state index contributed by atoms with van der Waals surface area (Å²) in [6, 6.07) is 6.35. The Kier molecular flexibility index (Phi) is 5.34. The Morgan fingerprint density at radius 1 is 1.22 bits per heavy atom. The van der Waals surface area contributed by atoms with Gasteiger partial charge in [-0.1, -0.05) is 19.8 Å². The molecule has 0 radical (unpaired) electrons. The highest BCUT2D eigenvalue weighted by molar-refractivity contribution is 5.83. The van der Waals surface area contributed by atoms with Crippen molar-refractivity contribution in [1.29, 1.82) is 0 Å². The molecule has 1 aliphatic heterocycles. The van der Waals surface area contributed by atoms with E-state index in [4.69, 9.17) is 9.47 Å². The van der Waals surface area contributed by atoms with Gasteiger partial charge in [0, 0.05) is 5.56 Å². The van der Waals surface area contributed by atoms with Crippen LogP contribution in [0.3, 0.4) is 0 Å². The number of methoxy groups -OCH3 is 1. The van der Waals surface area contributed by atoms with Crippen molar-refractivity contribution in [2.24, 2.45) is 11.8 Å². The Morgan fingerprint density at radius 2 is 1.87 bits per heavy atom. The summed E-state index contributed by atoms with van der Waals surface area (Å²) in [4.78, 5) is 12.1. The van der Waals surface area contributed by atoms with E-state index in [0.717, 1.165) is 12.5 Å². The number of ether oxygens (including phenoxy) is 2. The van der Waals surface area contributed by atoms with Crippen molar-refractivity contribution < 1.29 is 27.4 Å².